The van der Waals surface area contributed by atoms with Crippen LogP contribution in [0.4, 0.5) is 5.69 Å². The molecule has 0 atom stereocenters. The third kappa shape index (κ3) is 5.02. The van der Waals surface area contributed by atoms with Gasteiger partial charge in [-0.1, -0.05) is 30.3 Å². The maximum Gasteiger partial charge on any atom is 0.256 e. The molecule has 0 saturated carbocycles. The lowest BCUT2D eigenvalue weighted by Gasteiger charge is -2.13. The first-order chi connectivity index (χ1) is 16.2. The van der Waals surface area contributed by atoms with Crippen LogP contribution in [-0.2, 0) is 9.84 Å². The highest BCUT2D eigenvalue weighted by Gasteiger charge is 2.18. The number of aromatic nitrogens is 1. The number of nitrogens with zero attached hydrogens (tertiary/aromatic N) is 1. The molecule has 3 aromatic carbocycles. The Morgan fingerprint density at radius 1 is 0.853 bits per heavy atom. The number of hydrogen-bond donors (Lipinski definition) is 2. The van der Waals surface area contributed by atoms with Crippen molar-refractivity contribution in [2.24, 2.45) is 5.73 Å². The minimum Gasteiger partial charge on any atom is -0.366 e. The number of carbonyl (C=O) groups is 2. The van der Waals surface area contributed by atoms with Gasteiger partial charge in [0.2, 0.25) is 5.91 Å². The van der Waals surface area contributed by atoms with Gasteiger partial charge in [-0.05, 0) is 65.7 Å². The molecule has 0 unspecified atom stereocenters. The number of nitrogens with two attached hydrogens (primary N) is 1. The number of sulfone groups is 1. The van der Waals surface area contributed by atoms with Gasteiger partial charge in [0.25, 0.3) is 5.91 Å². The zero-order valence-electron chi connectivity index (χ0n) is 18.2. The number of nitrogens with one attached hydrogen (secondary N) is 1. The molecule has 0 radical (unpaired) electrons. The summed E-state index contributed by atoms with van der Waals surface area (Å²) in [5.41, 5.74) is 8.91. The fourth-order valence-electron chi connectivity index (χ4n) is 3.52. The molecule has 1 heterocycles. The Balaban J connectivity index is 1.75. The van der Waals surface area contributed by atoms with Crippen LogP contribution in [0.5, 0.6) is 0 Å². The minimum absolute atomic E-state index is 0.0562. The van der Waals surface area contributed by atoms with Crippen LogP contribution in [0.15, 0.2) is 96.0 Å². The maximum absolute atomic E-state index is 13.3. The molecule has 0 aliphatic heterocycles. The molecule has 7 nitrogen and oxygen atoms in total. The van der Waals surface area contributed by atoms with Crippen LogP contribution >= 0.6 is 0 Å². The van der Waals surface area contributed by atoms with Crippen molar-refractivity contribution in [1.29, 1.82) is 0 Å². The van der Waals surface area contributed by atoms with Gasteiger partial charge in [0.1, 0.15) is 0 Å². The highest BCUT2D eigenvalue weighted by molar-refractivity contribution is 7.90. The summed E-state index contributed by atoms with van der Waals surface area (Å²) in [7, 11) is -3.53. The number of pyridine rings is 1. The quantitative estimate of drug-likeness (QED) is 0.437. The van der Waals surface area contributed by atoms with Crippen LogP contribution in [0, 0.1) is 0 Å². The van der Waals surface area contributed by atoms with Crippen molar-refractivity contribution in [2.75, 3.05) is 11.6 Å². The fraction of sp³-hybridized carbons (Fsp3) is 0.0385. The van der Waals surface area contributed by atoms with E-state index in [0.717, 1.165) is 17.5 Å². The second kappa shape index (κ2) is 9.29. The van der Waals surface area contributed by atoms with E-state index in [2.05, 4.69) is 10.3 Å². The predicted octanol–water partition coefficient (Wildman–Crippen LogP) is 4.17. The van der Waals surface area contributed by atoms with E-state index in [9.17, 15) is 18.0 Å². The standard InChI is InChI=1S/C26H21N3O4S/c1-34(32,33)21-11-12-22(23(16-21)17-6-4-8-19(14-17)25(27)30)26(31)29-20-9-5-7-18(15-20)24-10-2-3-13-28-24/h2-16H,1H3,(H2,27,30)(H,29,31). The summed E-state index contributed by atoms with van der Waals surface area (Å²) in [5, 5.41) is 2.87. The van der Waals surface area contributed by atoms with Gasteiger partial charge >= 0.3 is 0 Å². The molecule has 34 heavy (non-hydrogen) atoms. The van der Waals surface area contributed by atoms with E-state index in [-0.39, 0.29) is 16.0 Å². The Labute approximate surface area is 197 Å². The average molecular weight is 472 g/mol. The summed E-state index contributed by atoms with van der Waals surface area (Å²) in [6.07, 6.45) is 2.78. The summed E-state index contributed by atoms with van der Waals surface area (Å²) >= 11 is 0. The van der Waals surface area contributed by atoms with Crippen LogP contribution in [0.25, 0.3) is 22.4 Å². The van der Waals surface area contributed by atoms with E-state index in [4.69, 9.17) is 5.73 Å². The first kappa shape index (κ1) is 22.9. The number of amides is 2. The Kier molecular flexibility index (Phi) is 6.25. The SMILES string of the molecule is CS(=O)(=O)c1ccc(C(=O)Nc2cccc(-c3ccccn3)c2)c(-c2cccc(C(N)=O)c2)c1. The Hall–Kier alpha value is -4.30. The molecule has 2 amide bonds. The lowest BCUT2D eigenvalue weighted by Crippen LogP contribution is -2.14. The van der Waals surface area contributed by atoms with E-state index in [0.29, 0.717) is 16.8 Å². The van der Waals surface area contributed by atoms with Crippen LogP contribution in [0.2, 0.25) is 0 Å². The van der Waals surface area contributed by atoms with Crippen LogP contribution in [-0.4, -0.2) is 31.5 Å². The zero-order chi connectivity index (χ0) is 24.3. The highest BCUT2D eigenvalue weighted by atomic mass is 32.2. The number of rotatable bonds is 6. The molecule has 4 rings (SSSR count). The van der Waals surface area contributed by atoms with Gasteiger partial charge in [0, 0.05) is 34.8 Å². The van der Waals surface area contributed by atoms with Gasteiger partial charge < -0.3 is 11.1 Å². The Bertz CT molecular complexity index is 1500. The molecular formula is C26H21N3O4S. The van der Waals surface area contributed by atoms with Gasteiger partial charge in [-0.2, -0.15) is 0 Å². The molecule has 0 spiro atoms. The monoisotopic (exact) mass is 471 g/mol. The summed E-state index contributed by atoms with van der Waals surface area (Å²) in [6, 6.07) is 23.5. The second-order valence-electron chi connectivity index (χ2n) is 7.67. The predicted molar refractivity (Wildman–Crippen MR) is 131 cm³/mol. The zero-order valence-corrected chi connectivity index (χ0v) is 19.0. The van der Waals surface area contributed by atoms with Crippen molar-refractivity contribution in [3.63, 3.8) is 0 Å². The Morgan fingerprint density at radius 2 is 1.62 bits per heavy atom. The average Bonchev–Trinajstić information content (AvgIpc) is 2.84. The van der Waals surface area contributed by atoms with Gasteiger partial charge in [-0.3, -0.25) is 14.6 Å². The number of hydrogen-bond acceptors (Lipinski definition) is 5. The molecular weight excluding hydrogens is 450 g/mol. The molecule has 0 aliphatic carbocycles. The smallest absolute Gasteiger partial charge is 0.256 e. The third-order valence-electron chi connectivity index (χ3n) is 5.20. The maximum atomic E-state index is 13.3. The first-order valence-electron chi connectivity index (χ1n) is 10.3. The summed E-state index contributed by atoms with van der Waals surface area (Å²) < 4.78 is 24.3. The molecule has 4 aromatic rings. The highest BCUT2D eigenvalue weighted by Crippen LogP contribution is 2.29. The van der Waals surface area contributed by atoms with E-state index < -0.39 is 21.7 Å². The van der Waals surface area contributed by atoms with Crippen molar-refractivity contribution < 1.29 is 18.0 Å². The molecule has 3 N–H and O–H groups in total. The van der Waals surface area contributed by atoms with Crippen LogP contribution in [0.3, 0.4) is 0 Å². The van der Waals surface area contributed by atoms with E-state index in [1.54, 1.807) is 36.5 Å². The summed E-state index contributed by atoms with van der Waals surface area (Å²) in [5.74, 6) is -1.06. The molecule has 0 bridgehead atoms. The molecule has 0 aliphatic rings. The minimum atomic E-state index is -3.53. The molecule has 1 aromatic heterocycles. The third-order valence-corrected chi connectivity index (χ3v) is 6.31. The number of carbonyl (C=O) groups excluding carboxylic acids is 2. The van der Waals surface area contributed by atoms with Crippen LogP contribution < -0.4 is 11.1 Å². The van der Waals surface area contributed by atoms with Crippen molar-refractivity contribution in [2.45, 2.75) is 4.90 Å². The van der Waals surface area contributed by atoms with E-state index in [1.807, 2.05) is 30.3 Å². The topological polar surface area (TPSA) is 119 Å². The summed E-state index contributed by atoms with van der Waals surface area (Å²) in [6.45, 7) is 0. The normalized spacial score (nSPS) is 11.1. The van der Waals surface area contributed by atoms with Crippen LogP contribution in [0.1, 0.15) is 20.7 Å². The van der Waals surface area contributed by atoms with Crippen molar-refractivity contribution >= 4 is 27.3 Å². The van der Waals surface area contributed by atoms with E-state index in [1.165, 1.54) is 24.3 Å². The lowest BCUT2D eigenvalue weighted by atomic mass is 9.97. The first-order valence-corrected chi connectivity index (χ1v) is 12.2. The van der Waals surface area contributed by atoms with Crippen molar-refractivity contribution in [3.05, 3.63) is 102 Å². The fourth-order valence-corrected chi connectivity index (χ4v) is 4.17. The molecule has 170 valence electrons. The largest absolute Gasteiger partial charge is 0.366 e. The van der Waals surface area contributed by atoms with Gasteiger partial charge in [0.15, 0.2) is 9.84 Å². The molecule has 8 heteroatoms. The van der Waals surface area contributed by atoms with Gasteiger partial charge in [-0.15, -0.1) is 0 Å². The van der Waals surface area contributed by atoms with Gasteiger partial charge in [0.05, 0.1) is 10.6 Å². The van der Waals surface area contributed by atoms with Crippen molar-refractivity contribution in [3.8, 4) is 22.4 Å². The lowest BCUT2D eigenvalue weighted by molar-refractivity contribution is 0.0998. The number of benzene rings is 3. The second-order valence-corrected chi connectivity index (χ2v) is 9.69. The molecule has 0 saturated heterocycles. The number of anilines is 1. The van der Waals surface area contributed by atoms with Gasteiger partial charge in [-0.25, -0.2) is 8.42 Å². The van der Waals surface area contributed by atoms with Crippen molar-refractivity contribution in [1.82, 2.24) is 4.98 Å². The summed E-state index contributed by atoms with van der Waals surface area (Å²) in [4.78, 5) is 29.3. The number of primary amides is 1. The molecule has 0 fully saturated rings. The van der Waals surface area contributed by atoms with E-state index >= 15 is 0 Å². The Morgan fingerprint density at radius 3 is 2.32 bits per heavy atom.